The van der Waals surface area contributed by atoms with Crippen LogP contribution >= 0.6 is 0 Å². The zero-order valence-electron chi connectivity index (χ0n) is 22.9. The number of rotatable bonds is 14. The van der Waals surface area contributed by atoms with E-state index < -0.39 is 16.1 Å². The topological polar surface area (TPSA) is 96.0 Å². The first-order valence-electron chi connectivity index (χ1n) is 12.8. The number of anilines is 1. The lowest BCUT2D eigenvalue weighted by atomic mass is 10.1. The summed E-state index contributed by atoms with van der Waals surface area (Å²) in [7, 11) is -3.56. The van der Waals surface area contributed by atoms with Gasteiger partial charge in [-0.15, -0.1) is 0 Å². The first-order chi connectivity index (χ1) is 17.5. The van der Waals surface area contributed by atoms with E-state index in [4.69, 9.17) is 4.74 Å². The smallest absolute Gasteiger partial charge is 0.242 e. The number of aryl methyl sites for hydroxylation is 1. The number of nitrogens with zero attached hydrogens (tertiary/aromatic N) is 2. The molecule has 2 unspecified atom stereocenters. The molecule has 0 heterocycles. The molecule has 0 fully saturated rings. The van der Waals surface area contributed by atoms with Gasteiger partial charge in [0.1, 0.15) is 11.8 Å². The molecule has 0 radical (unpaired) electrons. The molecule has 8 nitrogen and oxygen atoms in total. The molecule has 0 aliphatic heterocycles. The Kier molecular flexibility index (Phi) is 11.4. The van der Waals surface area contributed by atoms with Crippen molar-refractivity contribution in [2.75, 3.05) is 23.7 Å². The molecule has 37 heavy (non-hydrogen) atoms. The van der Waals surface area contributed by atoms with Gasteiger partial charge in [-0.25, -0.2) is 8.42 Å². The van der Waals surface area contributed by atoms with Crippen molar-refractivity contribution in [1.82, 2.24) is 10.2 Å². The first kappa shape index (κ1) is 30.2. The van der Waals surface area contributed by atoms with E-state index in [9.17, 15) is 18.0 Å². The van der Waals surface area contributed by atoms with Gasteiger partial charge in [0.15, 0.2) is 0 Å². The van der Waals surface area contributed by atoms with Crippen LogP contribution in [0.15, 0.2) is 48.5 Å². The lowest BCUT2D eigenvalue weighted by Gasteiger charge is -2.30. The number of nitrogens with one attached hydrogen (secondary N) is 1. The van der Waals surface area contributed by atoms with E-state index in [0.717, 1.165) is 23.8 Å². The van der Waals surface area contributed by atoms with Crippen molar-refractivity contribution >= 4 is 27.5 Å². The summed E-state index contributed by atoms with van der Waals surface area (Å²) >= 11 is 0. The molecule has 1 N–H and O–H groups in total. The van der Waals surface area contributed by atoms with Crippen LogP contribution in [0.4, 0.5) is 5.69 Å². The Balaban J connectivity index is 2.16. The molecule has 2 rings (SSSR count). The Hall–Kier alpha value is -3.07. The standard InChI is InChI=1S/C28H41N3O5S/c1-7-22(4)29-28(33)23(5)30(20-24-12-9-11-21(3)19-24)27(32)13-10-18-31(37(6,34)35)25-14-16-26(17-15-25)36-8-2/h9,11-12,14-17,19,22-23H,7-8,10,13,18,20H2,1-6H3,(H,29,33). The zero-order valence-corrected chi connectivity index (χ0v) is 23.7. The fraction of sp³-hybridized carbons (Fsp3) is 0.500. The Bertz CT molecular complexity index is 1130. The quantitative estimate of drug-likeness (QED) is 0.393. The third kappa shape index (κ3) is 9.39. The maximum Gasteiger partial charge on any atom is 0.242 e. The summed E-state index contributed by atoms with van der Waals surface area (Å²) in [6.07, 6.45) is 2.35. The minimum atomic E-state index is -3.56. The third-order valence-corrected chi connectivity index (χ3v) is 7.39. The van der Waals surface area contributed by atoms with E-state index >= 15 is 0 Å². The predicted octanol–water partition coefficient (Wildman–Crippen LogP) is 4.27. The lowest BCUT2D eigenvalue weighted by Crippen LogP contribution is -2.49. The maximum atomic E-state index is 13.4. The van der Waals surface area contributed by atoms with E-state index in [1.54, 1.807) is 36.1 Å². The van der Waals surface area contributed by atoms with Gasteiger partial charge in [0.2, 0.25) is 21.8 Å². The normalized spacial score (nSPS) is 12.9. The van der Waals surface area contributed by atoms with Crippen LogP contribution in [0.5, 0.6) is 5.75 Å². The Morgan fingerprint density at radius 3 is 2.30 bits per heavy atom. The summed E-state index contributed by atoms with van der Waals surface area (Å²) in [6, 6.07) is 14.0. The van der Waals surface area contributed by atoms with Crippen LogP contribution in [-0.4, -0.2) is 56.6 Å². The van der Waals surface area contributed by atoms with Crippen molar-refractivity contribution in [1.29, 1.82) is 0 Å². The van der Waals surface area contributed by atoms with Crippen LogP contribution in [0.2, 0.25) is 0 Å². The van der Waals surface area contributed by atoms with Crippen LogP contribution in [0.1, 0.15) is 58.1 Å². The molecule has 2 amide bonds. The molecule has 0 aliphatic rings. The molecule has 0 spiro atoms. The number of benzene rings is 2. The van der Waals surface area contributed by atoms with E-state index in [1.165, 1.54) is 4.31 Å². The molecule has 204 valence electrons. The molecular formula is C28H41N3O5S. The van der Waals surface area contributed by atoms with Gasteiger partial charge in [0.05, 0.1) is 18.6 Å². The van der Waals surface area contributed by atoms with Gasteiger partial charge in [-0.05, 0) is 70.4 Å². The highest BCUT2D eigenvalue weighted by molar-refractivity contribution is 7.92. The van der Waals surface area contributed by atoms with Gasteiger partial charge in [-0.2, -0.15) is 0 Å². The average Bonchev–Trinajstić information content (AvgIpc) is 2.84. The van der Waals surface area contributed by atoms with Crippen LogP contribution < -0.4 is 14.4 Å². The Labute approximate surface area is 222 Å². The molecule has 2 aromatic rings. The number of amides is 2. The lowest BCUT2D eigenvalue weighted by molar-refractivity contribution is -0.140. The highest BCUT2D eigenvalue weighted by Crippen LogP contribution is 2.22. The van der Waals surface area contributed by atoms with Crippen LogP contribution in [-0.2, 0) is 26.2 Å². The minimum absolute atomic E-state index is 0.00306. The third-order valence-electron chi connectivity index (χ3n) is 6.19. The summed E-state index contributed by atoms with van der Waals surface area (Å²) in [5.74, 6) is 0.252. The second-order valence-corrected chi connectivity index (χ2v) is 11.3. The van der Waals surface area contributed by atoms with Gasteiger partial charge in [-0.1, -0.05) is 36.8 Å². The van der Waals surface area contributed by atoms with Crippen molar-refractivity contribution in [3.05, 3.63) is 59.7 Å². The first-order valence-corrected chi connectivity index (χ1v) is 14.7. The van der Waals surface area contributed by atoms with E-state index in [1.807, 2.05) is 52.0 Å². The largest absolute Gasteiger partial charge is 0.494 e. The number of sulfonamides is 1. The van der Waals surface area contributed by atoms with Gasteiger partial charge in [0.25, 0.3) is 0 Å². The molecule has 0 aromatic heterocycles. The second-order valence-electron chi connectivity index (χ2n) is 9.37. The Morgan fingerprint density at radius 2 is 1.73 bits per heavy atom. The fourth-order valence-electron chi connectivity index (χ4n) is 3.93. The molecular weight excluding hydrogens is 490 g/mol. The van der Waals surface area contributed by atoms with Crippen molar-refractivity contribution in [3.63, 3.8) is 0 Å². The number of hydrogen-bond donors (Lipinski definition) is 1. The summed E-state index contributed by atoms with van der Waals surface area (Å²) in [5, 5.41) is 2.96. The summed E-state index contributed by atoms with van der Waals surface area (Å²) < 4.78 is 31.7. The molecule has 2 atom stereocenters. The summed E-state index contributed by atoms with van der Waals surface area (Å²) in [6.45, 7) is 10.5. The van der Waals surface area contributed by atoms with E-state index in [2.05, 4.69) is 5.32 Å². The van der Waals surface area contributed by atoms with Crippen molar-refractivity contribution in [2.45, 2.75) is 72.5 Å². The molecule has 2 aromatic carbocycles. The van der Waals surface area contributed by atoms with Crippen molar-refractivity contribution < 1.29 is 22.7 Å². The minimum Gasteiger partial charge on any atom is -0.494 e. The monoisotopic (exact) mass is 531 g/mol. The van der Waals surface area contributed by atoms with Crippen LogP contribution in [0, 0.1) is 6.92 Å². The van der Waals surface area contributed by atoms with E-state index in [-0.39, 0.29) is 30.8 Å². The maximum absolute atomic E-state index is 13.4. The molecule has 0 bridgehead atoms. The number of ether oxygens (including phenoxy) is 1. The van der Waals surface area contributed by atoms with Crippen LogP contribution in [0.3, 0.4) is 0 Å². The Morgan fingerprint density at radius 1 is 1.05 bits per heavy atom. The summed E-state index contributed by atoms with van der Waals surface area (Å²) in [4.78, 5) is 27.8. The second kappa shape index (κ2) is 14.0. The highest BCUT2D eigenvalue weighted by atomic mass is 32.2. The van der Waals surface area contributed by atoms with Gasteiger partial charge >= 0.3 is 0 Å². The molecule has 9 heteroatoms. The summed E-state index contributed by atoms with van der Waals surface area (Å²) in [5.41, 5.74) is 2.51. The van der Waals surface area contributed by atoms with Gasteiger partial charge in [-0.3, -0.25) is 13.9 Å². The molecule has 0 saturated heterocycles. The predicted molar refractivity (Wildman–Crippen MR) is 148 cm³/mol. The number of carbonyl (C=O) groups excluding carboxylic acids is 2. The molecule has 0 saturated carbocycles. The van der Waals surface area contributed by atoms with Crippen molar-refractivity contribution in [3.8, 4) is 5.75 Å². The van der Waals surface area contributed by atoms with Gasteiger partial charge < -0.3 is 15.0 Å². The fourth-order valence-corrected chi connectivity index (χ4v) is 4.90. The van der Waals surface area contributed by atoms with Crippen LogP contribution in [0.25, 0.3) is 0 Å². The van der Waals surface area contributed by atoms with Crippen molar-refractivity contribution in [2.24, 2.45) is 0 Å². The average molecular weight is 532 g/mol. The number of hydrogen-bond acceptors (Lipinski definition) is 5. The SMILES string of the molecule is CCOc1ccc(N(CCCC(=O)N(Cc2cccc(C)c2)C(C)C(=O)NC(C)CC)S(C)(=O)=O)cc1. The van der Waals surface area contributed by atoms with Gasteiger partial charge in [0, 0.05) is 25.6 Å². The molecule has 0 aliphatic carbocycles. The van der Waals surface area contributed by atoms with E-state index in [0.29, 0.717) is 31.0 Å². The zero-order chi connectivity index (χ0) is 27.6. The number of carbonyl (C=O) groups is 2. The highest BCUT2D eigenvalue weighted by Gasteiger charge is 2.27.